The van der Waals surface area contributed by atoms with Crippen LogP contribution in [0.3, 0.4) is 0 Å². The summed E-state index contributed by atoms with van der Waals surface area (Å²) in [6, 6.07) is 6.91. The summed E-state index contributed by atoms with van der Waals surface area (Å²) in [5, 5.41) is 1.69. The van der Waals surface area contributed by atoms with E-state index in [0.29, 0.717) is 25.6 Å². The van der Waals surface area contributed by atoms with Gasteiger partial charge in [0, 0.05) is 42.9 Å². The van der Waals surface area contributed by atoms with Gasteiger partial charge in [0.15, 0.2) is 0 Å². The van der Waals surface area contributed by atoms with Gasteiger partial charge in [-0.15, -0.1) is 0 Å². The zero-order valence-corrected chi connectivity index (χ0v) is 19.5. The van der Waals surface area contributed by atoms with Crippen molar-refractivity contribution >= 4 is 11.6 Å². The third-order valence-electron chi connectivity index (χ3n) is 6.89. The number of aryl methyl sites for hydroxylation is 1. The SMILES string of the molecule is CCc1ccc(C2CCN(C3CCN(c4ccc(C(=O)NCC(F)(F)F)nc4F)CC3)C2)[nH]c1=O. The van der Waals surface area contributed by atoms with Gasteiger partial charge in [-0.2, -0.15) is 17.6 Å². The number of carbonyl (C=O) groups is 1. The van der Waals surface area contributed by atoms with Gasteiger partial charge in [-0.05, 0) is 50.4 Å². The van der Waals surface area contributed by atoms with Crippen molar-refractivity contribution in [1.29, 1.82) is 0 Å². The summed E-state index contributed by atoms with van der Waals surface area (Å²) in [4.78, 5) is 34.9. The Labute approximate surface area is 200 Å². The number of likely N-dealkylation sites (tertiary alicyclic amines) is 1. The van der Waals surface area contributed by atoms with Gasteiger partial charge in [0.25, 0.3) is 11.5 Å². The van der Waals surface area contributed by atoms with Crippen molar-refractivity contribution in [2.24, 2.45) is 0 Å². The van der Waals surface area contributed by atoms with Crippen LogP contribution in [0.25, 0.3) is 0 Å². The van der Waals surface area contributed by atoms with E-state index >= 15 is 0 Å². The van der Waals surface area contributed by atoms with E-state index in [2.05, 4.69) is 14.9 Å². The predicted molar refractivity (Wildman–Crippen MR) is 123 cm³/mol. The molecule has 4 heterocycles. The number of piperidine rings is 1. The molecule has 2 aliphatic heterocycles. The smallest absolute Gasteiger partial charge is 0.368 e. The van der Waals surface area contributed by atoms with Crippen molar-refractivity contribution in [2.45, 2.75) is 50.7 Å². The van der Waals surface area contributed by atoms with Gasteiger partial charge >= 0.3 is 6.18 Å². The minimum absolute atomic E-state index is 0.0174. The van der Waals surface area contributed by atoms with E-state index in [1.165, 1.54) is 12.1 Å². The molecule has 2 N–H and O–H groups in total. The van der Waals surface area contributed by atoms with Gasteiger partial charge in [-0.25, -0.2) is 4.98 Å². The maximum Gasteiger partial charge on any atom is 0.405 e. The number of aromatic amines is 1. The number of hydrogen-bond donors (Lipinski definition) is 2. The molecule has 0 spiro atoms. The lowest BCUT2D eigenvalue weighted by Crippen LogP contribution is -2.44. The molecule has 7 nitrogen and oxygen atoms in total. The third-order valence-corrected chi connectivity index (χ3v) is 6.89. The number of nitrogens with zero attached hydrogens (tertiary/aromatic N) is 3. The van der Waals surface area contributed by atoms with Crippen molar-refractivity contribution < 1.29 is 22.4 Å². The van der Waals surface area contributed by atoms with Crippen LogP contribution in [-0.2, 0) is 6.42 Å². The molecule has 0 bridgehead atoms. The molecule has 2 aliphatic rings. The number of amides is 1. The molecule has 2 aromatic rings. The lowest BCUT2D eigenvalue weighted by atomic mass is 10.0. The fourth-order valence-corrected chi connectivity index (χ4v) is 4.94. The molecule has 2 aromatic heterocycles. The Morgan fingerprint density at radius 1 is 1.14 bits per heavy atom. The first-order valence-electron chi connectivity index (χ1n) is 11.9. The van der Waals surface area contributed by atoms with Crippen LogP contribution >= 0.6 is 0 Å². The first-order chi connectivity index (χ1) is 16.6. The summed E-state index contributed by atoms with van der Waals surface area (Å²) in [6.45, 7) is 3.47. The Balaban J connectivity index is 1.31. The molecule has 11 heteroatoms. The highest BCUT2D eigenvalue weighted by Crippen LogP contribution is 2.31. The number of nitrogens with one attached hydrogen (secondary N) is 2. The Bertz CT molecular complexity index is 1110. The van der Waals surface area contributed by atoms with Crippen LogP contribution in [0.15, 0.2) is 29.1 Å². The third kappa shape index (κ3) is 6.01. The standard InChI is InChI=1S/C24H29F4N5O2/c1-2-15-3-4-18(31-22(15)34)16-7-10-33(13-16)17-8-11-32(12-9-17)20-6-5-19(30-21(20)25)23(35)29-14-24(26,27)28/h3-6,16-17H,2,7-14H2,1H3,(H,29,35)(H,31,34). The molecule has 2 fully saturated rings. The summed E-state index contributed by atoms with van der Waals surface area (Å²) >= 11 is 0. The zero-order valence-electron chi connectivity index (χ0n) is 19.5. The van der Waals surface area contributed by atoms with E-state index in [-0.39, 0.29) is 17.2 Å². The van der Waals surface area contributed by atoms with Crippen LogP contribution in [0, 0.1) is 5.95 Å². The monoisotopic (exact) mass is 495 g/mol. The summed E-state index contributed by atoms with van der Waals surface area (Å²) in [6.07, 6.45) is -1.23. The number of carbonyl (C=O) groups excluding carboxylic acids is 1. The second kappa shape index (κ2) is 10.3. The number of anilines is 1. The lowest BCUT2D eigenvalue weighted by Gasteiger charge is -2.37. The largest absolute Gasteiger partial charge is 0.405 e. The molecule has 1 amide bonds. The van der Waals surface area contributed by atoms with Crippen LogP contribution in [-0.4, -0.2) is 65.7 Å². The number of halogens is 4. The Morgan fingerprint density at radius 2 is 1.89 bits per heavy atom. The van der Waals surface area contributed by atoms with Crippen LogP contribution in [0.2, 0.25) is 0 Å². The van der Waals surface area contributed by atoms with Crippen LogP contribution in [0.5, 0.6) is 0 Å². The highest BCUT2D eigenvalue weighted by molar-refractivity contribution is 5.92. The molecule has 35 heavy (non-hydrogen) atoms. The zero-order chi connectivity index (χ0) is 25.2. The molecular weight excluding hydrogens is 466 g/mol. The Morgan fingerprint density at radius 3 is 2.51 bits per heavy atom. The van der Waals surface area contributed by atoms with Crippen LogP contribution in [0.4, 0.5) is 23.2 Å². The lowest BCUT2D eigenvalue weighted by molar-refractivity contribution is -0.123. The number of alkyl halides is 3. The molecule has 0 radical (unpaired) electrons. The molecule has 1 atom stereocenters. The predicted octanol–water partition coefficient (Wildman–Crippen LogP) is 3.22. The number of pyridine rings is 2. The fraction of sp³-hybridized carbons (Fsp3) is 0.542. The minimum atomic E-state index is -4.55. The molecule has 0 aliphatic carbocycles. The quantitative estimate of drug-likeness (QED) is 0.475. The van der Waals surface area contributed by atoms with Gasteiger partial charge in [0.05, 0.1) is 5.69 Å². The van der Waals surface area contributed by atoms with Gasteiger partial charge in [-0.1, -0.05) is 13.0 Å². The van der Waals surface area contributed by atoms with Gasteiger partial charge < -0.3 is 15.2 Å². The first kappa shape index (κ1) is 25.2. The van der Waals surface area contributed by atoms with E-state index in [1.807, 2.05) is 24.0 Å². The minimum Gasteiger partial charge on any atom is -0.368 e. The molecule has 0 aromatic carbocycles. The average molecular weight is 496 g/mol. The van der Waals surface area contributed by atoms with Crippen LogP contribution < -0.4 is 15.8 Å². The first-order valence-corrected chi connectivity index (χ1v) is 11.9. The second-order valence-electron chi connectivity index (χ2n) is 9.12. The van der Waals surface area contributed by atoms with E-state index in [1.54, 1.807) is 5.32 Å². The topological polar surface area (TPSA) is 81.3 Å². The summed E-state index contributed by atoms with van der Waals surface area (Å²) in [5.74, 6) is -1.66. The number of H-pyrrole nitrogens is 1. The number of hydrogen-bond acceptors (Lipinski definition) is 5. The summed E-state index contributed by atoms with van der Waals surface area (Å²) in [7, 11) is 0. The number of aromatic nitrogens is 2. The summed E-state index contributed by atoms with van der Waals surface area (Å²) in [5.41, 5.74) is 1.59. The normalized spacial score (nSPS) is 19.8. The summed E-state index contributed by atoms with van der Waals surface area (Å²) < 4.78 is 51.4. The molecular formula is C24H29F4N5O2. The van der Waals surface area contributed by atoms with Crippen molar-refractivity contribution in [3.63, 3.8) is 0 Å². The fourth-order valence-electron chi connectivity index (χ4n) is 4.94. The highest BCUT2D eigenvalue weighted by atomic mass is 19.4. The maximum absolute atomic E-state index is 14.6. The van der Waals surface area contributed by atoms with E-state index in [0.717, 1.165) is 43.6 Å². The maximum atomic E-state index is 14.6. The van der Waals surface area contributed by atoms with Crippen molar-refractivity contribution in [3.05, 3.63) is 57.5 Å². The van der Waals surface area contributed by atoms with Crippen molar-refractivity contribution in [2.75, 3.05) is 37.6 Å². The van der Waals surface area contributed by atoms with Gasteiger partial charge in [0.2, 0.25) is 5.95 Å². The van der Waals surface area contributed by atoms with E-state index in [4.69, 9.17) is 0 Å². The Kier molecular flexibility index (Phi) is 7.44. The van der Waals surface area contributed by atoms with E-state index < -0.39 is 30.3 Å². The molecule has 1 unspecified atom stereocenters. The van der Waals surface area contributed by atoms with Gasteiger partial charge in [-0.3, -0.25) is 14.5 Å². The average Bonchev–Trinajstić information content (AvgIpc) is 3.32. The van der Waals surface area contributed by atoms with Gasteiger partial charge in [0.1, 0.15) is 12.2 Å². The number of rotatable bonds is 6. The highest BCUT2D eigenvalue weighted by Gasteiger charge is 2.33. The molecule has 0 saturated carbocycles. The van der Waals surface area contributed by atoms with Crippen molar-refractivity contribution in [1.82, 2.24) is 20.2 Å². The Hall–Kier alpha value is -2.95. The van der Waals surface area contributed by atoms with E-state index in [9.17, 15) is 27.2 Å². The molecule has 190 valence electrons. The van der Waals surface area contributed by atoms with Crippen molar-refractivity contribution in [3.8, 4) is 0 Å². The van der Waals surface area contributed by atoms with Crippen LogP contribution in [0.1, 0.15) is 53.8 Å². The molecule has 4 rings (SSSR count). The molecule has 2 saturated heterocycles. The second-order valence-corrected chi connectivity index (χ2v) is 9.12.